The molecule has 1 aliphatic rings. The smallest absolute Gasteiger partial charge is 0.226 e. The van der Waals surface area contributed by atoms with Crippen molar-refractivity contribution in [2.45, 2.75) is 65.0 Å². The Hall–Kier alpha value is -2.51. The monoisotopic (exact) mass is 465 g/mol. The van der Waals surface area contributed by atoms with Crippen LogP contribution in [0.3, 0.4) is 0 Å². The van der Waals surface area contributed by atoms with Crippen LogP contribution in [0.5, 0.6) is 0 Å². The first-order valence-electron chi connectivity index (χ1n) is 11.8. The molecular formula is C26H35N5OS. The van der Waals surface area contributed by atoms with Crippen molar-refractivity contribution in [1.29, 1.82) is 0 Å². The summed E-state index contributed by atoms with van der Waals surface area (Å²) in [5, 5.41) is 10.7. The van der Waals surface area contributed by atoms with Crippen LogP contribution in [0.4, 0.5) is 0 Å². The second kappa shape index (κ2) is 9.77. The fourth-order valence-corrected chi connectivity index (χ4v) is 5.21. The summed E-state index contributed by atoms with van der Waals surface area (Å²) in [5.74, 6) is 0.0370. The van der Waals surface area contributed by atoms with E-state index in [-0.39, 0.29) is 11.4 Å². The minimum absolute atomic E-state index is 0.0370. The average molecular weight is 466 g/mol. The summed E-state index contributed by atoms with van der Waals surface area (Å²) in [5.41, 5.74) is 5.06. The Bertz CT molecular complexity index is 1090. The van der Waals surface area contributed by atoms with Crippen molar-refractivity contribution in [3.63, 3.8) is 0 Å². The number of carbonyl (C=O) groups is 1. The van der Waals surface area contributed by atoms with Crippen LogP contribution >= 0.6 is 11.3 Å². The molecule has 0 saturated carbocycles. The predicted octanol–water partition coefficient (Wildman–Crippen LogP) is 4.88. The number of piperidine rings is 1. The van der Waals surface area contributed by atoms with Gasteiger partial charge in [-0.25, -0.2) is 4.98 Å². The van der Waals surface area contributed by atoms with Gasteiger partial charge in [-0.2, -0.15) is 5.10 Å². The van der Waals surface area contributed by atoms with Crippen molar-refractivity contribution >= 4 is 17.2 Å². The lowest BCUT2D eigenvalue weighted by Gasteiger charge is -2.32. The van der Waals surface area contributed by atoms with Crippen LogP contribution < -0.4 is 5.32 Å². The number of nitrogens with one attached hydrogen (secondary N) is 1. The van der Waals surface area contributed by atoms with Crippen LogP contribution in [0.25, 0.3) is 21.8 Å². The molecule has 1 amide bonds. The topological polar surface area (TPSA) is 63.1 Å². The van der Waals surface area contributed by atoms with E-state index in [4.69, 9.17) is 10.1 Å². The second-order valence-electron chi connectivity index (χ2n) is 10.1. The number of carbonyl (C=O) groups excluding carboxylic acids is 1. The van der Waals surface area contributed by atoms with E-state index in [2.05, 4.69) is 73.9 Å². The van der Waals surface area contributed by atoms with Gasteiger partial charge in [0.15, 0.2) is 0 Å². The molecule has 1 saturated heterocycles. The lowest BCUT2D eigenvalue weighted by Crippen LogP contribution is -2.44. The maximum atomic E-state index is 12.6. The lowest BCUT2D eigenvalue weighted by atomic mass is 10.0. The molecule has 176 valence electrons. The van der Waals surface area contributed by atoms with Gasteiger partial charge < -0.3 is 10.2 Å². The van der Waals surface area contributed by atoms with Crippen LogP contribution in [0.1, 0.15) is 51.3 Å². The average Bonchev–Trinajstić information content (AvgIpc) is 3.40. The van der Waals surface area contributed by atoms with Gasteiger partial charge >= 0.3 is 0 Å². The summed E-state index contributed by atoms with van der Waals surface area (Å²) >= 11 is 1.57. The Labute approximate surface area is 201 Å². The van der Waals surface area contributed by atoms with Crippen LogP contribution in [0.2, 0.25) is 0 Å². The summed E-state index contributed by atoms with van der Waals surface area (Å²) in [4.78, 5) is 19.8. The van der Waals surface area contributed by atoms with Crippen LogP contribution in [-0.4, -0.2) is 51.8 Å². The first-order valence-corrected chi connectivity index (χ1v) is 12.7. The Balaban J connectivity index is 1.51. The molecule has 0 spiro atoms. The number of aryl methyl sites for hydroxylation is 1. The highest BCUT2D eigenvalue weighted by atomic mass is 32.1. The van der Waals surface area contributed by atoms with E-state index in [0.717, 1.165) is 40.5 Å². The van der Waals surface area contributed by atoms with Crippen molar-refractivity contribution in [3.8, 4) is 21.8 Å². The van der Waals surface area contributed by atoms with Gasteiger partial charge in [0.25, 0.3) is 0 Å². The van der Waals surface area contributed by atoms with E-state index in [9.17, 15) is 4.79 Å². The van der Waals surface area contributed by atoms with Crippen molar-refractivity contribution in [3.05, 3.63) is 47.1 Å². The molecule has 4 rings (SSSR count). The highest BCUT2D eigenvalue weighted by Crippen LogP contribution is 2.36. The lowest BCUT2D eigenvalue weighted by molar-refractivity contribution is -0.120. The van der Waals surface area contributed by atoms with Crippen molar-refractivity contribution in [2.75, 3.05) is 20.1 Å². The summed E-state index contributed by atoms with van der Waals surface area (Å²) in [6, 6.07) is 8.97. The molecule has 0 radical (unpaired) electrons. The third kappa shape index (κ3) is 5.53. The van der Waals surface area contributed by atoms with E-state index >= 15 is 0 Å². The molecule has 2 aromatic heterocycles. The number of nitrogens with zero attached hydrogens (tertiary/aromatic N) is 4. The van der Waals surface area contributed by atoms with Gasteiger partial charge in [0.05, 0.1) is 35.1 Å². The summed E-state index contributed by atoms with van der Waals surface area (Å²) in [6.07, 6.45) is 5.85. The maximum absolute atomic E-state index is 12.6. The molecule has 33 heavy (non-hydrogen) atoms. The van der Waals surface area contributed by atoms with E-state index in [1.807, 2.05) is 11.6 Å². The standard InChI is InChI=1S/C26H35N5OS/c1-18-9-11-19(12-10-18)24-22(16-28-31(24)26(2,3)4)25-29-20(17-33-25)14-23(32)27-15-21-8-6-7-13-30(21)5/h9-12,16-17,21H,6-8,13-15H2,1-5H3,(H,27,32). The zero-order valence-electron chi connectivity index (χ0n) is 20.4. The molecule has 0 bridgehead atoms. The summed E-state index contributed by atoms with van der Waals surface area (Å²) in [7, 11) is 2.14. The van der Waals surface area contributed by atoms with Gasteiger partial charge in [-0.15, -0.1) is 11.3 Å². The third-order valence-corrected chi connectivity index (χ3v) is 7.23. The van der Waals surface area contributed by atoms with Gasteiger partial charge in [0.2, 0.25) is 5.91 Å². The number of hydrogen-bond donors (Lipinski definition) is 1. The van der Waals surface area contributed by atoms with Gasteiger partial charge in [-0.1, -0.05) is 36.2 Å². The molecule has 1 aliphatic heterocycles. The Kier molecular flexibility index (Phi) is 7.00. The first kappa shape index (κ1) is 23.6. The maximum Gasteiger partial charge on any atom is 0.226 e. The predicted molar refractivity (Wildman–Crippen MR) is 135 cm³/mol. The minimum Gasteiger partial charge on any atom is -0.354 e. The van der Waals surface area contributed by atoms with E-state index < -0.39 is 0 Å². The van der Waals surface area contributed by atoms with Gasteiger partial charge in [-0.05, 0) is 54.1 Å². The zero-order chi connectivity index (χ0) is 23.6. The van der Waals surface area contributed by atoms with Gasteiger partial charge in [0, 0.05) is 23.5 Å². The molecule has 6 nitrogen and oxygen atoms in total. The molecule has 3 aromatic rings. The van der Waals surface area contributed by atoms with E-state index in [1.54, 1.807) is 11.3 Å². The van der Waals surface area contributed by atoms with E-state index in [0.29, 0.717) is 19.0 Å². The number of likely N-dealkylation sites (N-methyl/N-ethyl adjacent to an activating group) is 1. The largest absolute Gasteiger partial charge is 0.354 e. The molecule has 1 fully saturated rings. The molecule has 1 unspecified atom stereocenters. The molecule has 1 atom stereocenters. The minimum atomic E-state index is -0.162. The molecule has 1 aromatic carbocycles. The highest BCUT2D eigenvalue weighted by molar-refractivity contribution is 7.13. The summed E-state index contributed by atoms with van der Waals surface area (Å²) < 4.78 is 2.07. The Morgan fingerprint density at radius 1 is 1.21 bits per heavy atom. The first-order chi connectivity index (χ1) is 15.7. The number of hydrogen-bond acceptors (Lipinski definition) is 5. The second-order valence-corrected chi connectivity index (χ2v) is 11.0. The highest BCUT2D eigenvalue weighted by Gasteiger charge is 2.25. The van der Waals surface area contributed by atoms with Crippen LogP contribution in [-0.2, 0) is 16.8 Å². The fourth-order valence-electron chi connectivity index (χ4n) is 4.38. The molecule has 3 heterocycles. The van der Waals surface area contributed by atoms with Crippen molar-refractivity contribution < 1.29 is 4.79 Å². The number of thiazole rings is 1. The zero-order valence-corrected chi connectivity index (χ0v) is 21.2. The van der Waals surface area contributed by atoms with Crippen molar-refractivity contribution in [1.82, 2.24) is 25.0 Å². The number of likely N-dealkylation sites (tertiary alicyclic amines) is 1. The fraction of sp³-hybridized carbons (Fsp3) is 0.500. The van der Waals surface area contributed by atoms with E-state index in [1.165, 1.54) is 18.4 Å². The van der Waals surface area contributed by atoms with Gasteiger partial charge in [-0.3, -0.25) is 9.48 Å². The number of amides is 1. The van der Waals surface area contributed by atoms with Gasteiger partial charge in [0.1, 0.15) is 5.01 Å². The SMILES string of the molecule is Cc1ccc(-c2c(-c3nc(CC(=O)NCC4CCCCN4C)cs3)cnn2C(C)(C)C)cc1. The number of rotatable bonds is 6. The van der Waals surface area contributed by atoms with Crippen molar-refractivity contribution in [2.24, 2.45) is 0 Å². The Morgan fingerprint density at radius 3 is 2.67 bits per heavy atom. The van der Waals surface area contributed by atoms with Crippen LogP contribution in [0.15, 0.2) is 35.8 Å². The number of benzene rings is 1. The number of aromatic nitrogens is 3. The molecular weight excluding hydrogens is 430 g/mol. The summed E-state index contributed by atoms with van der Waals surface area (Å²) in [6.45, 7) is 10.4. The molecule has 1 N–H and O–H groups in total. The Morgan fingerprint density at radius 2 is 1.97 bits per heavy atom. The van der Waals surface area contributed by atoms with Crippen LogP contribution in [0, 0.1) is 6.92 Å². The normalized spacial score (nSPS) is 17.3. The third-order valence-electron chi connectivity index (χ3n) is 6.31. The quantitative estimate of drug-likeness (QED) is 0.564. The molecule has 0 aliphatic carbocycles. The molecule has 7 heteroatoms.